The molecule has 0 spiro atoms. The number of carbonyl (C=O) groups is 1. The predicted octanol–water partition coefficient (Wildman–Crippen LogP) is 1.06. The molecule has 4 nitrogen and oxygen atoms in total. The van der Waals surface area contributed by atoms with Crippen molar-refractivity contribution in [2.45, 2.75) is 19.4 Å². The maximum absolute atomic E-state index is 13.7. The van der Waals surface area contributed by atoms with Gasteiger partial charge in [-0.05, 0) is 25.1 Å². The molecule has 0 aliphatic carbocycles. The number of hydrogen-bond donors (Lipinski definition) is 2. The van der Waals surface area contributed by atoms with Gasteiger partial charge in [-0.15, -0.1) is 0 Å². The first-order valence-corrected chi connectivity index (χ1v) is 8.17. The summed E-state index contributed by atoms with van der Waals surface area (Å²) < 4.78 is 24.8. The van der Waals surface area contributed by atoms with E-state index in [1.807, 2.05) is 0 Å². The van der Waals surface area contributed by atoms with Crippen LogP contribution in [-0.2, 0) is 10.8 Å². The van der Waals surface area contributed by atoms with Gasteiger partial charge in [0.1, 0.15) is 5.82 Å². The topological polar surface area (TPSA) is 66.4 Å². The van der Waals surface area contributed by atoms with Gasteiger partial charge in [0.2, 0.25) is 0 Å². The normalized spacial score (nSPS) is 13.0. The van der Waals surface area contributed by atoms with Crippen LogP contribution >= 0.6 is 0 Å². The van der Waals surface area contributed by atoms with Gasteiger partial charge in [0.05, 0.1) is 12.2 Å². The first-order chi connectivity index (χ1) is 9.93. The second-order valence-corrected chi connectivity index (χ2v) is 6.06. The molecule has 0 aliphatic heterocycles. The SMILES string of the molecule is CC(CS(C)=O)NC(=O)c1cc(C#CCCO)ccc1F. The molecule has 0 saturated carbocycles. The van der Waals surface area contributed by atoms with Crippen LogP contribution in [0, 0.1) is 17.7 Å². The summed E-state index contributed by atoms with van der Waals surface area (Å²) in [6.45, 7) is 1.66. The number of halogens is 1. The highest BCUT2D eigenvalue weighted by Gasteiger charge is 2.15. The number of hydrogen-bond acceptors (Lipinski definition) is 3. The minimum absolute atomic E-state index is 0.0484. The van der Waals surface area contributed by atoms with Crippen LogP contribution in [-0.4, -0.2) is 39.9 Å². The quantitative estimate of drug-likeness (QED) is 0.799. The van der Waals surface area contributed by atoms with Gasteiger partial charge in [0, 0.05) is 40.8 Å². The Balaban J connectivity index is 2.86. The maximum Gasteiger partial charge on any atom is 0.254 e. The van der Waals surface area contributed by atoms with Crippen LogP contribution in [0.25, 0.3) is 0 Å². The molecule has 0 fully saturated rings. The summed E-state index contributed by atoms with van der Waals surface area (Å²) in [4.78, 5) is 12.0. The molecule has 0 saturated heterocycles. The smallest absolute Gasteiger partial charge is 0.254 e. The Bertz CT molecular complexity index is 592. The molecule has 21 heavy (non-hydrogen) atoms. The third-order valence-corrected chi connectivity index (χ3v) is 3.51. The number of benzene rings is 1. The van der Waals surface area contributed by atoms with Gasteiger partial charge < -0.3 is 10.4 Å². The predicted molar refractivity (Wildman–Crippen MR) is 80.8 cm³/mol. The van der Waals surface area contributed by atoms with Gasteiger partial charge in [0.25, 0.3) is 5.91 Å². The highest BCUT2D eigenvalue weighted by atomic mass is 32.2. The van der Waals surface area contributed by atoms with Crippen molar-refractivity contribution in [2.75, 3.05) is 18.6 Å². The molecule has 0 heterocycles. The summed E-state index contributed by atoms with van der Waals surface area (Å²) in [6.07, 6.45) is 1.86. The van der Waals surface area contributed by atoms with Crippen LogP contribution in [0.4, 0.5) is 4.39 Å². The summed E-state index contributed by atoms with van der Waals surface area (Å²) in [5.74, 6) is 4.57. The van der Waals surface area contributed by atoms with Crippen molar-refractivity contribution >= 4 is 16.7 Å². The van der Waals surface area contributed by atoms with E-state index in [2.05, 4.69) is 17.2 Å². The summed E-state index contributed by atoms with van der Waals surface area (Å²) in [5, 5.41) is 11.3. The van der Waals surface area contributed by atoms with E-state index in [4.69, 9.17) is 5.11 Å². The molecular formula is C15H18FNO3S. The molecule has 2 atom stereocenters. The average Bonchev–Trinajstić information content (AvgIpc) is 2.39. The first-order valence-electron chi connectivity index (χ1n) is 6.44. The lowest BCUT2D eigenvalue weighted by Gasteiger charge is -2.13. The monoisotopic (exact) mass is 311 g/mol. The lowest BCUT2D eigenvalue weighted by atomic mass is 10.1. The Morgan fingerprint density at radius 1 is 1.52 bits per heavy atom. The first kappa shape index (κ1) is 17.3. The summed E-state index contributed by atoms with van der Waals surface area (Å²) >= 11 is 0. The van der Waals surface area contributed by atoms with Crippen LogP contribution in [0.1, 0.15) is 29.3 Å². The third-order valence-electron chi connectivity index (χ3n) is 2.54. The van der Waals surface area contributed by atoms with Crippen molar-refractivity contribution in [2.24, 2.45) is 0 Å². The summed E-state index contributed by atoms with van der Waals surface area (Å²) in [6, 6.07) is 3.71. The van der Waals surface area contributed by atoms with Crippen molar-refractivity contribution in [1.82, 2.24) is 5.32 Å². The van der Waals surface area contributed by atoms with Gasteiger partial charge >= 0.3 is 0 Å². The Morgan fingerprint density at radius 3 is 2.86 bits per heavy atom. The van der Waals surface area contributed by atoms with E-state index in [1.165, 1.54) is 18.2 Å². The van der Waals surface area contributed by atoms with E-state index in [-0.39, 0.29) is 18.2 Å². The molecule has 0 aliphatic rings. The highest BCUT2D eigenvalue weighted by molar-refractivity contribution is 7.84. The minimum Gasteiger partial charge on any atom is -0.395 e. The summed E-state index contributed by atoms with van der Waals surface area (Å²) in [5.41, 5.74) is 0.404. The molecule has 1 aromatic rings. The van der Waals surface area contributed by atoms with Crippen LogP contribution in [0.3, 0.4) is 0 Å². The van der Waals surface area contributed by atoms with Gasteiger partial charge in [-0.1, -0.05) is 11.8 Å². The van der Waals surface area contributed by atoms with Gasteiger partial charge in [-0.3, -0.25) is 9.00 Å². The van der Waals surface area contributed by atoms with E-state index in [9.17, 15) is 13.4 Å². The van der Waals surface area contributed by atoms with Crippen LogP contribution in [0.15, 0.2) is 18.2 Å². The number of aliphatic hydroxyl groups is 1. The molecule has 0 bridgehead atoms. The lowest BCUT2D eigenvalue weighted by molar-refractivity contribution is 0.0939. The fourth-order valence-corrected chi connectivity index (χ4v) is 2.48. The van der Waals surface area contributed by atoms with Gasteiger partial charge in [0.15, 0.2) is 0 Å². The number of carbonyl (C=O) groups excluding carboxylic acids is 1. The van der Waals surface area contributed by atoms with Crippen molar-refractivity contribution in [1.29, 1.82) is 0 Å². The summed E-state index contributed by atoms with van der Waals surface area (Å²) in [7, 11) is -1.04. The number of rotatable bonds is 5. The molecule has 114 valence electrons. The highest BCUT2D eigenvalue weighted by Crippen LogP contribution is 2.10. The average molecular weight is 311 g/mol. The van der Waals surface area contributed by atoms with Crippen LogP contribution < -0.4 is 5.32 Å². The van der Waals surface area contributed by atoms with Crippen LogP contribution in [0.5, 0.6) is 0 Å². The third kappa shape index (κ3) is 6.06. The second-order valence-electron chi connectivity index (χ2n) is 4.58. The van der Waals surface area contributed by atoms with Crippen LogP contribution in [0.2, 0.25) is 0 Å². The lowest BCUT2D eigenvalue weighted by Crippen LogP contribution is -2.36. The van der Waals surface area contributed by atoms with E-state index >= 15 is 0 Å². The Kier molecular flexibility index (Phi) is 7.06. The zero-order valence-corrected chi connectivity index (χ0v) is 12.8. The van der Waals surface area contributed by atoms with Gasteiger partial charge in [-0.2, -0.15) is 0 Å². The second kappa shape index (κ2) is 8.55. The van der Waals surface area contributed by atoms with E-state index in [0.717, 1.165) is 0 Å². The molecule has 2 unspecified atom stereocenters. The van der Waals surface area contributed by atoms with E-state index in [1.54, 1.807) is 13.2 Å². The molecule has 1 amide bonds. The molecule has 0 aromatic heterocycles. The zero-order valence-electron chi connectivity index (χ0n) is 12.0. The Labute approximate surface area is 126 Å². The molecule has 6 heteroatoms. The van der Waals surface area contributed by atoms with Crippen molar-refractivity contribution in [3.63, 3.8) is 0 Å². The Morgan fingerprint density at radius 2 is 2.24 bits per heavy atom. The fourth-order valence-electron chi connectivity index (χ4n) is 1.69. The fraction of sp³-hybridized carbons (Fsp3) is 0.400. The van der Waals surface area contributed by atoms with Crippen molar-refractivity contribution in [3.05, 3.63) is 35.1 Å². The number of amides is 1. The molecule has 2 N–H and O–H groups in total. The zero-order chi connectivity index (χ0) is 15.8. The van der Waals surface area contributed by atoms with E-state index < -0.39 is 22.5 Å². The number of nitrogens with one attached hydrogen (secondary N) is 1. The standard InChI is InChI=1S/C15H18FNO3S/c1-11(10-21(2)20)17-15(19)13-9-12(5-3-4-8-18)6-7-14(13)16/h6-7,9,11,18H,4,8,10H2,1-2H3,(H,17,19). The molecular weight excluding hydrogens is 293 g/mol. The van der Waals surface area contributed by atoms with E-state index in [0.29, 0.717) is 17.7 Å². The maximum atomic E-state index is 13.7. The minimum atomic E-state index is -1.04. The molecule has 1 aromatic carbocycles. The Hall–Kier alpha value is -1.71. The van der Waals surface area contributed by atoms with Gasteiger partial charge in [-0.25, -0.2) is 4.39 Å². The number of aliphatic hydroxyl groups excluding tert-OH is 1. The molecule has 0 radical (unpaired) electrons. The van der Waals surface area contributed by atoms with Crippen molar-refractivity contribution in [3.8, 4) is 11.8 Å². The largest absolute Gasteiger partial charge is 0.395 e. The molecule has 1 rings (SSSR count). The van der Waals surface area contributed by atoms with Crippen molar-refractivity contribution < 1.29 is 18.5 Å².